The van der Waals surface area contributed by atoms with Gasteiger partial charge in [0.1, 0.15) is 5.82 Å². The summed E-state index contributed by atoms with van der Waals surface area (Å²) in [4.78, 5) is 4.78. The molecule has 0 bridgehead atoms. The molecule has 6 nitrogen and oxygen atoms in total. The first kappa shape index (κ1) is 21.7. The van der Waals surface area contributed by atoms with E-state index in [0.717, 1.165) is 42.9 Å². The molecular formula is C22H34N6S. The van der Waals surface area contributed by atoms with Gasteiger partial charge in [-0.1, -0.05) is 54.9 Å². The van der Waals surface area contributed by atoms with Crippen molar-refractivity contribution >= 4 is 17.7 Å². The molecule has 0 spiro atoms. The Labute approximate surface area is 179 Å². The molecule has 1 aliphatic carbocycles. The van der Waals surface area contributed by atoms with E-state index in [1.807, 2.05) is 6.07 Å². The van der Waals surface area contributed by atoms with Crippen LogP contribution in [0.5, 0.6) is 0 Å². The number of rotatable bonds is 9. The molecule has 1 fully saturated rings. The molecule has 7 heteroatoms. The number of aryl methyl sites for hydroxylation is 1. The molecule has 3 rings (SSSR count). The summed E-state index contributed by atoms with van der Waals surface area (Å²) in [6.07, 6.45) is 9.11. The van der Waals surface area contributed by atoms with E-state index in [4.69, 9.17) is 4.99 Å². The van der Waals surface area contributed by atoms with Crippen LogP contribution >= 0.6 is 11.8 Å². The van der Waals surface area contributed by atoms with Gasteiger partial charge in [0, 0.05) is 25.6 Å². The molecule has 0 radical (unpaired) electrons. The quantitative estimate of drug-likeness (QED) is 0.276. The summed E-state index contributed by atoms with van der Waals surface area (Å²) >= 11 is 1.70. The van der Waals surface area contributed by atoms with Gasteiger partial charge in [-0.2, -0.15) is 0 Å². The Morgan fingerprint density at radius 2 is 2.00 bits per heavy atom. The van der Waals surface area contributed by atoms with Crippen LogP contribution in [-0.2, 0) is 6.42 Å². The van der Waals surface area contributed by atoms with Crippen LogP contribution in [0.15, 0.2) is 40.5 Å². The van der Waals surface area contributed by atoms with Crippen molar-refractivity contribution in [2.45, 2.75) is 69.6 Å². The van der Waals surface area contributed by atoms with Crippen molar-refractivity contribution in [1.29, 1.82) is 0 Å². The number of hydrogen-bond donors (Lipinski definition) is 2. The number of hydrogen-bond acceptors (Lipinski definition) is 4. The van der Waals surface area contributed by atoms with E-state index in [9.17, 15) is 0 Å². The van der Waals surface area contributed by atoms with Crippen molar-refractivity contribution in [2.24, 2.45) is 4.99 Å². The number of aliphatic imine (C=N–C) groups is 1. The molecule has 0 amide bonds. The summed E-state index contributed by atoms with van der Waals surface area (Å²) in [6.45, 7) is 5.87. The molecule has 1 heterocycles. The highest BCUT2D eigenvalue weighted by atomic mass is 32.2. The van der Waals surface area contributed by atoms with Crippen molar-refractivity contribution in [1.82, 2.24) is 25.4 Å². The highest BCUT2D eigenvalue weighted by Gasteiger charge is 2.23. The van der Waals surface area contributed by atoms with E-state index in [0.29, 0.717) is 6.04 Å². The highest BCUT2D eigenvalue weighted by Crippen LogP contribution is 2.33. The van der Waals surface area contributed by atoms with E-state index in [1.54, 1.807) is 11.8 Å². The topological polar surface area (TPSA) is 67.1 Å². The summed E-state index contributed by atoms with van der Waals surface area (Å²) in [5.74, 6) is 1.98. The second-order valence-electron chi connectivity index (χ2n) is 7.55. The Hall–Kier alpha value is -2.02. The summed E-state index contributed by atoms with van der Waals surface area (Å²) in [5, 5.41) is 16.8. The summed E-state index contributed by atoms with van der Waals surface area (Å²) in [5.41, 5.74) is 1.26. The van der Waals surface area contributed by atoms with Crippen LogP contribution in [0.2, 0.25) is 0 Å². The van der Waals surface area contributed by atoms with Gasteiger partial charge in [-0.15, -0.1) is 10.2 Å². The Balaban J connectivity index is 1.57. The van der Waals surface area contributed by atoms with E-state index < -0.39 is 0 Å². The van der Waals surface area contributed by atoms with Crippen LogP contribution in [-0.4, -0.2) is 40.1 Å². The second kappa shape index (κ2) is 11.2. The monoisotopic (exact) mass is 414 g/mol. The lowest BCUT2D eigenvalue weighted by Gasteiger charge is -2.18. The van der Waals surface area contributed by atoms with Gasteiger partial charge in [0.25, 0.3) is 0 Å². The van der Waals surface area contributed by atoms with E-state index in [1.165, 1.54) is 31.2 Å². The number of guanidine groups is 1. The second-order valence-corrected chi connectivity index (χ2v) is 8.33. The van der Waals surface area contributed by atoms with Crippen molar-refractivity contribution < 1.29 is 0 Å². The molecule has 0 aliphatic heterocycles. The molecule has 1 atom stereocenters. The fourth-order valence-corrected chi connectivity index (χ4v) is 4.50. The van der Waals surface area contributed by atoms with Crippen LogP contribution in [0.4, 0.5) is 0 Å². The van der Waals surface area contributed by atoms with Gasteiger partial charge in [0.2, 0.25) is 0 Å². The van der Waals surface area contributed by atoms with Crippen LogP contribution in [0.1, 0.15) is 69.4 Å². The Kier molecular flexibility index (Phi) is 8.40. The van der Waals surface area contributed by atoms with E-state index >= 15 is 0 Å². The number of benzene rings is 1. The molecule has 2 N–H and O–H groups in total. The van der Waals surface area contributed by atoms with E-state index in [-0.39, 0.29) is 6.04 Å². The molecule has 1 saturated carbocycles. The lowest BCUT2D eigenvalue weighted by molar-refractivity contribution is 0.461. The molecule has 29 heavy (non-hydrogen) atoms. The summed E-state index contributed by atoms with van der Waals surface area (Å²) in [7, 11) is 0. The SMILES string of the molecule is CCNC(=NCCCc1nnc(SC)n1C1CCCC1)NC(C)c1ccccc1. The number of thioether (sulfide) groups is 1. The maximum absolute atomic E-state index is 4.78. The molecule has 1 unspecified atom stereocenters. The first-order chi connectivity index (χ1) is 14.2. The molecule has 2 aromatic rings. The van der Waals surface area contributed by atoms with Gasteiger partial charge in [-0.05, 0) is 44.9 Å². The number of nitrogens with one attached hydrogen (secondary N) is 2. The number of nitrogens with zero attached hydrogens (tertiary/aromatic N) is 4. The highest BCUT2D eigenvalue weighted by molar-refractivity contribution is 7.98. The lowest BCUT2D eigenvalue weighted by Crippen LogP contribution is -2.38. The smallest absolute Gasteiger partial charge is 0.191 e. The van der Waals surface area contributed by atoms with Crippen LogP contribution in [0.25, 0.3) is 0 Å². The van der Waals surface area contributed by atoms with Gasteiger partial charge < -0.3 is 15.2 Å². The predicted molar refractivity (Wildman–Crippen MR) is 122 cm³/mol. The fourth-order valence-electron chi connectivity index (χ4n) is 3.92. The van der Waals surface area contributed by atoms with Crippen molar-refractivity contribution in [3.05, 3.63) is 41.7 Å². The third-order valence-corrected chi connectivity index (χ3v) is 6.08. The maximum atomic E-state index is 4.78. The lowest BCUT2D eigenvalue weighted by atomic mass is 10.1. The zero-order valence-electron chi connectivity index (χ0n) is 17.9. The molecule has 158 valence electrons. The summed E-state index contributed by atoms with van der Waals surface area (Å²) in [6, 6.07) is 11.3. The molecule has 0 saturated heterocycles. The molecule has 1 aliphatic rings. The van der Waals surface area contributed by atoms with E-state index in [2.05, 4.69) is 69.8 Å². The predicted octanol–water partition coefficient (Wildman–Crippen LogP) is 4.36. The van der Waals surface area contributed by atoms with Crippen LogP contribution < -0.4 is 10.6 Å². The standard InChI is InChI=1S/C22H34N6S/c1-4-23-21(25-17(2)18-11-6-5-7-12-18)24-16-10-15-20-26-27-22(29-3)28(20)19-13-8-9-14-19/h5-7,11-12,17,19H,4,8-10,13-16H2,1-3H3,(H2,23,24,25). The fraction of sp³-hybridized carbons (Fsp3) is 0.591. The average molecular weight is 415 g/mol. The van der Waals surface area contributed by atoms with Crippen LogP contribution in [0, 0.1) is 0 Å². The third-order valence-electron chi connectivity index (χ3n) is 5.43. The van der Waals surface area contributed by atoms with Gasteiger partial charge in [0.15, 0.2) is 11.1 Å². The van der Waals surface area contributed by atoms with Crippen molar-refractivity contribution in [3.63, 3.8) is 0 Å². The minimum atomic E-state index is 0.212. The van der Waals surface area contributed by atoms with Gasteiger partial charge in [-0.3, -0.25) is 4.99 Å². The van der Waals surface area contributed by atoms with Crippen molar-refractivity contribution in [2.75, 3.05) is 19.3 Å². The molecule has 1 aromatic carbocycles. The maximum Gasteiger partial charge on any atom is 0.191 e. The zero-order valence-corrected chi connectivity index (χ0v) is 18.7. The summed E-state index contributed by atoms with van der Waals surface area (Å²) < 4.78 is 2.39. The minimum Gasteiger partial charge on any atom is -0.357 e. The largest absolute Gasteiger partial charge is 0.357 e. The van der Waals surface area contributed by atoms with Gasteiger partial charge >= 0.3 is 0 Å². The van der Waals surface area contributed by atoms with Crippen molar-refractivity contribution in [3.8, 4) is 0 Å². The Morgan fingerprint density at radius 1 is 1.24 bits per heavy atom. The normalized spacial score (nSPS) is 16.2. The minimum absolute atomic E-state index is 0.212. The average Bonchev–Trinajstić information content (AvgIpc) is 3.41. The first-order valence-corrected chi connectivity index (χ1v) is 12.0. The molecule has 1 aromatic heterocycles. The first-order valence-electron chi connectivity index (χ1n) is 10.8. The zero-order chi connectivity index (χ0) is 20.5. The number of aromatic nitrogens is 3. The Morgan fingerprint density at radius 3 is 2.69 bits per heavy atom. The van der Waals surface area contributed by atoms with Crippen LogP contribution in [0.3, 0.4) is 0 Å². The van der Waals surface area contributed by atoms with Gasteiger partial charge in [0.05, 0.1) is 6.04 Å². The van der Waals surface area contributed by atoms with Gasteiger partial charge in [-0.25, -0.2) is 0 Å². The third kappa shape index (κ3) is 5.98. The Bertz CT molecular complexity index is 767. The molecular weight excluding hydrogens is 380 g/mol.